The summed E-state index contributed by atoms with van der Waals surface area (Å²) in [5, 5.41) is 3.08. The molecule has 0 aliphatic carbocycles. The Hall–Kier alpha value is -0.470. The van der Waals surface area contributed by atoms with Crippen LogP contribution in [-0.2, 0) is 16.6 Å². The van der Waals surface area contributed by atoms with Crippen molar-refractivity contribution in [3.05, 3.63) is 16.5 Å². The lowest BCUT2D eigenvalue weighted by molar-refractivity contribution is 0.302. The van der Waals surface area contributed by atoms with Gasteiger partial charge < -0.3 is 10.2 Å². The Morgan fingerprint density at radius 2 is 2.20 bits per heavy atom. The first-order valence-electron chi connectivity index (χ1n) is 6.76. The van der Waals surface area contributed by atoms with E-state index in [4.69, 9.17) is 0 Å². The molecule has 7 heteroatoms. The third kappa shape index (κ3) is 3.07. The third-order valence-electron chi connectivity index (χ3n) is 3.79. The van der Waals surface area contributed by atoms with Crippen molar-refractivity contribution in [2.45, 2.75) is 30.1 Å². The van der Waals surface area contributed by atoms with Gasteiger partial charge in [0.05, 0.1) is 0 Å². The van der Waals surface area contributed by atoms with Gasteiger partial charge in [-0.05, 0) is 46.1 Å². The molecule has 0 aromatic carbocycles. The van der Waals surface area contributed by atoms with Crippen LogP contribution in [-0.4, -0.2) is 57.9 Å². The van der Waals surface area contributed by atoms with Gasteiger partial charge in [0.1, 0.15) is 4.21 Å². The van der Waals surface area contributed by atoms with Crippen LogP contribution in [0.1, 0.15) is 16.9 Å². The van der Waals surface area contributed by atoms with Crippen molar-refractivity contribution in [3.8, 4) is 0 Å². The SMILES string of the molecule is CNCc1sc(S(=O)(=O)N2CCC(N(C)C)C2)cc1C. The molecule has 0 amide bonds. The molecular weight excluding hydrogens is 294 g/mol. The summed E-state index contributed by atoms with van der Waals surface area (Å²) in [5.41, 5.74) is 1.05. The number of nitrogens with one attached hydrogen (secondary N) is 1. The quantitative estimate of drug-likeness (QED) is 0.884. The zero-order valence-electron chi connectivity index (χ0n) is 12.5. The molecule has 2 rings (SSSR count). The average molecular weight is 317 g/mol. The van der Waals surface area contributed by atoms with E-state index in [0.717, 1.165) is 16.9 Å². The molecule has 1 aromatic heterocycles. The summed E-state index contributed by atoms with van der Waals surface area (Å²) in [7, 11) is 2.54. The van der Waals surface area contributed by atoms with Crippen molar-refractivity contribution in [2.75, 3.05) is 34.2 Å². The van der Waals surface area contributed by atoms with E-state index in [-0.39, 0.29) is 0 Å². The van der Waals surface area contributed by atoms with Gasteiger partial charge in [0, 0.05) is 30.6 Å². The summed E-state index contributed by atoms with van der Waals surface area (Å²) >= 11 is 1.38. The topological polar surface area (TPSA) is 52.7 Å². The smallest absolute Gasteiger partial charge is 0.252 e. The fourth-order valence-electron chi connectivity index (χ4n) is 2.43. The monoisotopic (exact) mass is 317 g/mol. The van der Waals surface area contributed by atoms with Crippen molar-refractivity contribution in [2.24, 2.45) is 0 Å². The van der Waals surface area contributed by atoms with Crippen LogP contribution in [0.4, 0.5) is 0 Å². The largest absolute Gasteiger partial charge is 0.315 e. The van der Waals surface area contributed by atoms with Crippen LogP contribution in [0.15, 0.2) is 10.3 Å². The number of aryl methyl sites for hydroxylation is 1. The predicted molar refractivity (Wildman–Crippen MR) is 82.7 cm³/mol. The summed E-state index contributed by atoms with van der Waals surface area (Å²) in [6.07, 6.45) is 0.903. The third-order valence-corrected chi connectivity index (χ3v) is 7.34. The van der Waals surface area contributed by atoms with E-state index in [1.54, 1.807) is 10.4 Å². The Bertz CT molecular complexity index is 566. The summed E-state index contributed by atoms with van der Waals surface area (Å²) in [4.78, 5) is 3.19. The second kappa shape index (κ2) is 6.11. The molecule has 1 N–H and O–H groups in total. The minimum absolute atomic E-state index is 0.322. The van der Waals surface area contributed by atoms with Crippen molar-refractivity contribution >= 4 is 21.4 Å². The van der Waals surface area contributed by atoms with Crippen LogP contribution in [0.5, 0.6) is 0 Å². The summed E-state index contributed by atoms with van der Waals surface area (Å²) in [6, 6.07) is 2.12. The number of hydrogen-bond donors (Lipinski definition) is 1. The Kier molecular flexibility index (Phi) is 4.86. The molecular formula is C13H23N3O2S2. The van der Waals surface area contributed by atoms with Crippen molar-refractivity contribution < 1.29 is 8.42 Å². The van der Waals surface area contributed by atoms with E-state index >= 15 is 0 Å². The molecule has 1 aliphatic rings. The maximum atomic E-state index is 12.7. The first kappa shape index (κ1) is 15.9. The van der Waals surface area contributed by atoms with Crippen LogP contribution in [0.25, 0.3) is 0 Å². The minimum Gasteiger partial charge on any atom is -0.315 e. The standard InChI is InChI=1S/C13H23N3O2S2/c1-10-7-13(19-12(10)8-14-2)20(17,18)16-6-5-11(9-16)15(3)4/h7,11,14H,5-6,8-9H2,1-4H3. The Labute approximate surface area is 125 Å². The van der Waals surface area contributed by atoms with Gasteiger partial charge in [-0.15, -0.1) is 11.3 Å². The maximum absolute atomic E-state index is 12.7. The van der Waals surface area contributed by atoms with E-state index in [9.17, 15) is 8.42 Å². The number of sulfonamides is 1. The molecule has 0 spiro atoms. The van der Waals surface area contributed by atoms with Crippen LogP contribution in [0.2, 0.25) is 0 Å². The highest BCUT2D eigenvalue weighted by atomic mass is 32.2. The number of likely N-dealkylation sites (N-methyl/N-ethyl adjacent to an activating group) is 1. The molecule has 2 heterocycles. The molecule has 1 aromatic rings. The number of thiophene rings is 1. The van der Waals surface area contributed by atoms with E-state index < -0.39 is 10.0 Å². The fraction of sp³-hybridized carbons (Fsp3) is 0.692. The minimum atomic E-state index is -3.33. The Balaban J connectivity index is 2.21. The van der Waals surface area contributed by atoms with E-state index in [1.807, 2.05) is 28.1 Å². The second-order valence-corrected chi connectivity index (χ2v) is 8.77. The van der Waals surface area contributed by atoms with Gasteiger partial charge in [-0.1, -0.05) is 0 Å². The molecule has 1 unspecified atom stereocenters. The molecule has 1 saturated heterocycles. The first-order chi connectivity index (χ1) is 9.36. The normalized spacial score (nSPS) is 20.9. The molecule has 0 saturated carbocycles. The van der Waals surface area contributed by atoms with E-state index in [0.29, 0.717) is 29.9 Å². The lowest BCUT2D eigenvalue weighted by Gasteiger charge is -2.19. The van der Waals surface area contributed by atoms with Crippen molar-refractivity contribution in [3.63, 3.8) is 0 Å². The van der Waals surface area contributed by atoms with Crippen molar-refractivity contribution in [1.29, 1.82) is 0 Å². The fourth-order valence-corrected chi connectivity index (χ4v) is 5.68. The molecule has 1 fully saturated rings. The zero-order valence-corrected chi connectivity index (χ0v) is 14.1. The Morgan fingerprint density at radius 1 is 1.50 bits per heavy atom. The predicted octanol–water partition coefficient (Wildman–Crippen LogP) is 1.10. The number of rotatable bonds is 5. The molecule has 1 aliphatic heterocycles. The number of nitrogens with zero attached hydrogens (tertiary/aromatic N) is 2. The van der Waals surface area contributed by atoms with Crippen LogP contribution in [0, 0.1) is 6.92 Å². The molecule has 5 nitrogen and oxygen atoms in total. The zero-order chi connectivity index (χ0) is 14.9. The maximum Gasteiger partial charge on any atom is 0.252 e. The lowest BCUT2D eigenvalue weighted by Crippen LogP contribution is -2.34. The summed E-state index contributed by atoms with van der Waals surface area (Å²) in [6.45, 7) is 3.89. The van der Waals surface area contributed by atoms with Gasteiger partial charge in [-0.25, -0.2) is 8.42 Å². The highest BCUT2D eigenvalue weighted by Crippen LogP contribution is 2.30. The highest BCUT2D eigenvalue weighted by molar-refractivity contribution is 7.91. The first-order valence-corrected chi connectivity index (χ1v) is 9.02. The Morgan fingerprint density at radius 3 is 2.75 bits per heavy atom. The van der Waals surface area contributed by atoms with Gasteiger partial charge in [-0.2, -0.15) is 4.31 Å². The number of hydrogen-bond acceptors (Lipinski definition) is 5. The average Bonchev–Trinajstić information content (AvgIpc) is 2.98. The van der Waals surface area contributed by atoms with Gasteiger partial charge >= 0.3 is 0 Å². The van der Waals surface area contributed by atoms with Gasteiger partial charge in [0.15, 0.2) is 0 Å². The van der Waals surface area contributed by atoms with Gasteiger partial charge in [-0.3, -0.25) is 0 Å². The summed E-state index contributed by atoms with van der Waals surface area (Å²) < 4.78 is 27.4. The summed E-state index contributed by atoms with van der Waals surface area (Å²) in [5.74, 6) is 0. The molecule has 0 bridgehead atoms. The van der Waals surface area contributed by atoms with Crippen LogP contribution in [0.3, 0.4) is 0 Å². The second-order valence-electron chi connectivity index (χ2n) is 5.47. The van der Waals surface area contributed by atoms with E-state index in [1.165, 1.54) is 11.3 Å². The molecule has 1 atom stereocenters. The molecule has 0 radical (unpaired) electrons. The lowest BCUT2D eigenvalue weighted by atomic mass is 10.2. The molecule has 114 valence electrons. The van der Waals surface area contributed by atoms with Crippen LogP contribution >= 0.6 is 11.3 Å². The van der Waals surface area contributed by atoms with Gasteiger partial charge in [0.25, 0.3) is 10.0 Å². The van der Waals surface area contributed by atoms with Gasteiger partial charge in [0.2, 0.25) is 0 Å². The highest BCUT2D eigenvalue weighted by Gasteiger charge is 2.34. The van der Waals surface area contributed by atoms with Crippen molar-refractivity contribution in [1.82, 2.24) is 14.5 Å². The molecule has 20 heavy (non-hydrogen) atoms. The van der Waals surface area contributed by atoms with E-state index in [2.05, 4.69) is 10.2 Å². The van der Waals surface area contributed by atoms with Crippen LogP contribution < -0.4 is 5.32 Å².